The molecule has 1 N–H and O–H groups in total. The molecule has 5 rings (SSSR count). The average Bonchev–Trinajstić information content (AvgIpc) is 3.28. The second kappa shape index (κ2) is 10.6. The van der Waals surface area contributed by atoms with Crippen molar-refractivity contribution in [2.45, 2.75) is 29.3 Å². The van der Waals surface area contributed by atoms with Gasteiger partial charge in [0.05, 0.1) is 32.4 Å². The van der Waals surface area contributed by atoms with Crippen LogP contribution in [0.3, 0.4) is 0 Å². The Bertz CT molecular complexity index is 1500. The van der Waals surface area contributed by atoms with Crippen LogP contribution in [0.1, 0.15) is 19.3 Å². The third-order valence-electron chi connectivity index (χ3n) is 6.04. The molecule has 1 aliphatic heterocycles. The van der Waals surface area contributed by atoms with Gasteiger partial charge in [-0.1, -0.05) is 60.1 Å². The first-order chi connectivity index (χ1) is 17.4. The number of para-hydroxylation sites is 3. The number of sulfonamides is 1. The van der Waals surface area contributed by atoms with Crippen LogP contribution in [0.15, 0.2) is 82.8 Å². The van der Waals surface area contributed by atoms with Crippen LogP contribution in [0.4, 0.5) is 5.69 Å². The molecule has 1 saturated heterocycles. The highest BCUT2D eigenvalue weighted by molar-refractivity contribution is 7.99. The second-order valence-corrected chi connectivity index (χ2v) is 11.8. The van der Waals surface area contributed by atoms with Gasteiger partial charge in [0.2, 0.25) is 15.9 Å². The molecule has 4 aromatic rings. The van der Waals surface area contributed by atoms with E-state index in [9.17, 15) is 13.2 Å². The first-order valence-corrected chi connectivity index (χ1v) is 14.5. The number of hydrogen-bond acceptors (Lipinski definition) is 5. The van der Waals surface area contributed by atoms with Gasteiger partial charge in [0.1, 0.15) is 0 Å². The molecule has 0 radical (unpaired) electrons. The van der Waals surface area contributed by atoms with Crippen LogP contribution >= 0.6 is 23.4 Å². The van der Waals surface area contributed by atoms with Gasteiger partial charge in [0, 0.05) is 18.8 Å². The molecular weight excluding hydrogens is 516 g/mol. The molecule has 0 unspecified atom stereocenters. The lowest BCUT2D eigenvalue weighted by Crippen LogP contribution is -2.35. The number of hydrogen-bond donors (Lipinski definition) is 1. The molecule has 1 fully saturated rings. The van der Waals surface area contributed by atoms with E-state index in [0.29, 0.717) is 18.2 Å². The lowest BCUT2D eigenvalue weighted by molar-refractivity contribution is -0.113. The monoisotopic (exact) mass is 540 g/mol. The highest BCUT2D eigenvalue weighted by Gasteiger charge is 2.26. The predicted octanol–water partition coefficient (Wildman–Crippen LogP) is 5.58. The molecule has 1 aromatic heterocycles. The number of rotatable bonds is 7. The molecule has 0 saturated carbocycles. The maximum absolute atomic E-state index is 13.1. The van der Waals surface area contributed by atoms with E-state index in [2.05, 4.69) is 5.32 Å². The van der Waals surface area contributed by atoms with Gasteiger partial charge in [-0.05, 0) is 55.3 Å². The van der Waals surface area contributed by atoms with Crippen molar-refractivity contribution in [2.75, 3.05) is 24.2 Å². The molecule has 3 aromatic carbocycles. The number of carbonyl (C=O) groups is 1. The minimum absolute atomic E-state index is 0.0790. The number of piperidine rings is 1. The quantitative estimate of drug-likeness (QED) is 0.309. The Morgan fingerprint density at radius 3 is 2.47 bits per heavy atom. The number of nitrogens with one attached hydrogen (secondary N) is 1. The van der Waals surface area contributed by atoms with Crippen molar-refractivity contribution in [1.82, 2.24) is 13.9 Å². The molecule has 7 nitrogen and oxygen atoms in total. The van der Waals surface area contributed by atoms with E-state index < -0.39 is 10.0 Å². The second-order valence-electron chi connectivity index (χ2n) is 8.50. The van der Waals surface area contributed by atoms with Gasteiger partial charge in [-0.2, -0.15) is 4.31 Å². The molecule has 2 heterocycles. The van der Waals surface area contributed by atoms with Gasteiger partial charge in [0.25, 0.3) is 0 Å². The van der Waals surface area contributed by atoms with Gasteiger partial charge >= 0.3 is 0 Å². The topological polar surface area (TPSA) is 84.3 Å². The molecule has 0 atom stereocenters. The summed E-state index contributed by atoms with van der Waals surface area (Å²) in [5.41, 5.74) is 3.01. The normalized spacial score (nSPS) is 14.7. The summed E-state index contributed by atoms with van der Waals surface area (Å²) in [5, 5.41) is 3.74. The molecule has 1 amide bonds. The highest BCUT2D eigenvalue weighted by atomic mass is 35.5. The minimum atomic E-state index is -3.64. The summed E-state index contributed by atoms with van der Waals surface area (Å²) >= 11 is 7.61. The summed E-state index contributed by atoms with van der Waals surface area (Å²) in [6.45, 7) is 1.01. The van der Waals surface area contributed by atoms with Gasteiger partial charge in [-0.3, -0.25) is 9.36 Å². The molecule has 1 aliphatic rings. The van der Waals surface area contributed by atoms with Gasteiger partial charge in [-0.15, -0.1) is 0 Å². The van der Waals surface area contributed by atoms with E-state index in [1.165, 1.54) is 34.3 Å². The number of anilines is 1. The van der Waals surface area contributed by atoms with Gasteiger partial charge in [-0.25, -0.2) is 13.4 Å². The third-order valence-corrected chi connectivity index (χ3v) is 9.20. The SMILES string of the molecule is O=C(CSc1nc2ccccc2n1-c1ccccc1)Nc1cc(S(=O)(=O)N2CCCCC2)ccc1Cl. The molecular formula is C26H25ClN4O3S2. The van der Waals surface area contributed by atoms with E-state index in [1.54, 1.807) is 0 Å². The smallest absolute Gasteiger partial charge is 0.243 e. The van der Waals surface area contributed by atoms with E-state index in [1.807, 2.05) is 59.2 Å². The Hall–Kier alpha value is -2.85. The number of imidazole rings is 1. The Labute approximate surface area is 219 Å². The van der Waals surface area contributed by atoms with Crippen molar-refractivity contribution in [3.05, 3.63) is 77.8 Å². The molecule has 0 aliphatic carbocycles. The summed E-state index contributed by atoms with van der Waals surface area (Å²) < 4.78 is 29.6. The van der Waals surface area contributed by atoms with Crippen molar-refractivity contribution < 1.29 is 13.2 Å². The van der Waals surface area contributed by atoms with Crippen LogP contribution in [0.25, 0.3) is 16.7 Å². The Balaban J connectivity index is 1.34. The summed E-state index contributed by atoms with van der Waals surface area (Å²) in [5.74, 6) is -0.226. The number of halogens is 1. The maximum Gasteiger partial charge on any atom is 0.243 e. The van der Waals surface area contributed by atoms with Crippen molar-refractivity contribution in [2.24, 2.45) is 0 Å². The number of benzene rings is 3. The van der Waals surface area contributed by atoms with Crippen molar-refractivity contribution in [3.63, 3.8) is 0 Å². The summed E-state index contributed by atoms with van der Waals surface area (Å²) in [6, 6.07) is 22.1. The summed E-state index contributed by atoms with van der Waals surface area (Å²) in [4.78, 5) is 17.7. The third kappa shape index (κ3) is 5.15. The Kier molecular flexibility index (Phi) is 7.34. The zero-order valence-corrected chi connectivity index (χ0v) is 21.8. The molecule has 0 bridgehead atoms. The first kappa shape index (κ1) is 24.8. The number of amides is 1. The number of carbonyl (C=O) groups excluding carboxylic acids is 1. The Morgan fingerprint density at radius 1 is 0.972 bits per heavy atom. The van der Waals surface area contributed by atoms with Crippen LogP contribution in [0, 0.1) is 0 Å². The average molecular weight is 541 g/mol. The summed E-state index contributed by atoms with van der Waals surface area (Å²) in [6.07, 6.45) is 2.73. The standard InChI is InChI=1S/C26H25ClN4O3S2/c27-21-14-13-20(36(33,34)30-15-7-2-8-16-30)17-23(21)28-25(32)18-35-26-29-22-11-5-6-12-24(22)31(26)19-9-3-1-4-10-19/h1,3-6,9-14,17H,2,7-8,15-16,18H2,(H,28,32). The number of aromatic nitrogens is 2. The van der Waals surface area contributed by atoms with E-state index in [-0.39, 0.29) is 27.3 Å². The van der Waals surface area contributed by atoms with Gasteiger partial charge in [0.15, 0.2) is 5.16 Å². The van der Waals surface area contributed by atoms with Crippen LogP contribution in [-0.2, 0) is 14.8 Å². The Morgan fingerprint density at radius 2 is 1.69 bits per heavy atom. The fourth-order valence-electron chi connectivity index (χ4n) is 4.26. The van der Waals surface area contributed by atoms with E-state index in [0.717, 1.165) is 36.0 Å². The van der Waals surface area contributed by atoms with Crippen LogP contribution in [-0.4, -0.2) is 47.0 Å². The van der Waals surface area contributed by atoms with E-state index >= 15 is 0 Å². The van der Waals surface area contributed by atoms with Crippen LogP contribution in [0.2, 0.25) is 5.02 Å². The summed E-state index contributed by atoms with van der Waals surface area (Å²) in [7, 11) is -3.64. The van der Waals surface area contributed by atoms with Gasteiger partial charge < -0.3 is 5.32 Å². The number of thioether (sulfide) groups is 1. The minimum Gasteiger partial charge on any atom is -0.324 e. The zero-order valence-electron chi connectivity index (χ0n) is 19.4. The fraction of sp³-hybridized carbons (Fsp3) is 0.231. The highest BCUT2D eigenvalue weighted by Crippen LogP contribution is 2.30. The molecule has 0 spiro atoms. The maximum atomic E-state index is 13.1. The van der Waals surface area contributed by atoms with Crippen molar-refractivity contribution >= 4 is 56.0 Å². The fourth-order valence-corrected chi connectivity index (χ4v) is 6.80. The molecule has 36 heavy (non-hydrogen) atoms. The predicted molar refractivity (Wildman–Crippen MR) is 144 cm³/mol. The zero-order chi connectivity index (χ0) is 25.1. The number of nitrogens with zero attached hydrogens (tertiary/aromatic N) is 3. The first-order valence-electron chi connectivity index (χ1n) is 11.7. The lowest BCUT2D eigenvalue weighted by atomic mass is 10.2. The molecule has 186 valence electrons. The largest absolute Gasteiger partial charge is 0.324 e. The molecule has 10 heteroatoms. The van der Waals surface area contributed by atoms with Crippen LogP contribution in [0.5, 0.6) is 0 Å². The van der Waals surface area contributed by atoms with Crippen molar-refractivity contribution in [1.29, 1.82) is 0 Å². The van der Waals surface area contributed by atoms with E-state index in [4.69, 9.17) is 16.6 Å². The number of fused-ring (bicyclic) bond motifs is 1. The van der Waals surface area contributed by atoms with Crippen LogP contribution < -0.4 is 5.32 Å². The van der Waals surface area contributed by atoms with Crippen molar-refractivity contribution in [3.8, 4) is 5.69 Å². The lowest BCUT2D eigenvalue weighted by Gasteiger charge is -2.26.